The van der Waals surface area contributed by atoms with Gasteiger partial charge in [-0.05, 0) is 18.4 Å². The van der Waals surface area contributed by atoms with E-state index in [0.29, 0.717) is 5.92 Å². The third kappa shape index (κ3) is 0.960. The molecule has 2 rings (SSSR count). The van der Waals surface area contributed by atoms with E-state index in [2.05, 4.69) is 20.4 Å². The Morgan fingerprint density at radius 1 is 1.62 bits per heavy atom. The van der Waals surface area contributed by atoms with Crippen LogP contribution in [0.15, 0.2) is 12.2 Å². The fraction of sp³-hybridized carbons (Fsp3) is 0.818. The van der Waals surface area contributed by atoms with Gasteiger partial charge in [0.2, 0.25) is 0 Å². The van der Waals surface area contributed by atoms with Crippen LogP contribution in [0.5, 0.6) is 0 Å². The molecule has 2 bridgehead atoms. The summed E-state index contributed by atoms with van der Waals surface area (Å²) in [4.78, 5) is 0. The predicted octanol–water partition coefficient (Wildman–Crippen LogP) is 1.88. The molecule has 0 aliphatic carbocycles. The molecule has 0 saturated carbocycles. The molecule has 0 aromatic carbocycles. The van der Waals surface area contributed by atoms with Crippen LogP contribution in [0.3, 0.4) is 0 Å². The summed E-state index contributed by atoms with van der Waals surface area (Å²) in [5, 5.41) is 9.84. The maximum absolute atomic E-state index is 9.84. The summed E-state index contributed by atoms with van der Waals surface area (Å²) in [6.07, 6.45) is 1.21. The number of hydrogen-bond acceptors (Lipinski definition) is 2. The van der Waals surface area contributed by atoms with Crippen LogP contribution >= 0.6 is 0 Å². The van der Waals surface area contributed by atoms with Gasteiger partial charge in [0.15, 0.2) is 0 Å². The second-order valence-electron chi connectivity index (χ2n) is 4.96. The van der Waals surface area contributed by atoms with Gasteiger partial charge in [-0.1, -0.05) is 20.4 Å². The van der Waals surface area contributed by atoms with Crippen LogP contribution < -0.4 is 0 Å². The first kappa shape index (κ1) is 9.22. The normalized spacial score (nSPS) is 49.3. The third-order valence-corrected chi connectivity index (χ3v) is 3.71. The molecular formula is C11H18O2. The molecule has 2 saturated heterocycles. The molecule has 74 valence electrons. The van der Waals surface area contributed by atoms with Gasteiger partial charge in [-0.2, -0.15) is 0 Å². The van der Waals surface area contributed by atoms with Crippen molar-refractivity contribution in [2.45, 2.75) is 50.9 Å². The van der Waals surface area contributed by atoms with Crippen LogP contribution in [0.1, 0.15) is 33.6 Å². The van der Waals surface area contributed by atoms with Crippen molar-refractivity contribution in [3.8, 4) is 0 Å². The SMILES string of the molecule is C=C1C[C@]2(C)O[C@@]1(C(C)C)C[C@H]2O. The average Bonchev–Trinajstić information content (AvgIpc) is 2.37. The molecule has 2 heteroatoms. The zero-order valence-corrected chi connectivity index (χ0v) is 8.63. The highest BCUT2D eigenvalue weighted by Gasteiger charge is 2.61. The van der Waals surface area contributed by atoms with Crippen molar-refractivity contribution in [2.24, 2.45) is 5.92 Å². The number of ether oxygens (including phenoxy) is 1. The number of aliphatic hydroxyl groups is 1. The minimum Gasteiger partial charge on any atom is -0.390 e. The van der Waals surface area contributed by atoms with E-state index in [-0.39, 0.29) is 17.3 Å². The fourth-order valence-electron chi connectivity index (χ4n) is 2.73. The minimum absolute atomic E-state index is 0.242. The highest BCUT2D eigenvalue weighted by Crippen LogP contribution is 2.56. The van der Waals surface area contributed by atoms with Crippen molar-refractivity contribution in [3.63, 3.8) is 0 Å². The lowest BCUT2D eigenvalue weighted by molar-refractivity contribution is -0.0749. The summed E-state index contributed by atoms with van der Waals surface area (Å²) >= 11 is 0. The second-order valence-corrected chi connectivity index (χ2v) is 4.96. The third-order valence-electron chi connectivity index (χ3n) is 3.71. The molecule has 0 amide bonds. The van der Waals surface area contributed by atoms with Gasteiger partial charge in [0.05, 0.1) is 17.3 Å². The molecule has 2 aliphatic rings. The van der Waals surface area contributed by atoms with Gasteiger partial charge >= 0.3 is 0 Å². The molecule has 0 aromatic heterocycles. The fourth-order valence-corrected chi connectivity index (χ4v) is 2.73. The molecule has 2 heterocycles. The van der Waals surface area contributed by atoms with E-state index >= 15 is 0 Å². The lowest BCUT2D eigenvalue weighted by Gasteiger charge is -2.31. The first-order valence-corrected chi connectivity index (χ1v) is 4.97. The molecule has 0 radical (unpaired) electrons. The predicted molar refractivity (Wildman–Crippen MR) is 51.4 cm³/mol. The summed E-state index contributed by atoms with van der Waals surface area (Å²) in [5.74, 6) is 0.402. The largest absolute Gasteiger partial charge is 0.390 e. The van der Waals surface area contributed by atoms with Crippen molar-refractivity contribution in [3.05, 3.63) is 12.2 Å². The Morgan fingerprint density at radius 2 is 2.23 bits per heavy atom. The highest BCUT2D eigenvalue weighted by atomic mass is 16.6. The molecule has 1 N–H and O–H groups in total. The van der Waals surface area contributed by atoms with E-state index in [0.717, 1.165) is 18.4 Å². The van der Waals surface area contributed by atoms with E-state index in [1.54, 1.807) is 0 Å². The monoisotopic (exact) mass is 182 g/mol. The maximum atomic E-state index is 9.84. The Bertz CT molecular complexity index is 259. The molecule has 3 atom stereocenters. The summed E-state index contributed by atoms with van der Waals surface area (Å²) in [6.45, 7) is 10.3. The summed E-state index contributed by atoms with van der Waals surface area (Å²) < 4.78 is 5.98. The minimum atomic E-state index is -0.360. The standard InChI is InChI=1S/C11H18O2/c1-7(2)11-6-9(12)10(4,13-11)5-8(11)3/h7,9,12H,3,5-6H2,1-2,4H3/t9-,10+,11-/m1/s1. The number of aliphatic hydroxyl groups excluding tert-OH is 1. The Morgan fingerprint density at radius 3 is 2.54 bits per heavy atom. The molecule has 0 unspecified atom stereocenters. The zero-order valence-electron chi connectivity index (χ0n) is 8.63. The molecule has 13 heavy (non-hydrogen) atoms. The van der Waals surface area contributed by atoms with Crippen molar-refractivity contribution in [1.82, 2.24) is 0 Å². The van der Waals surface area contributed by atoms with Crippen LogP contribution in [0.2, 0.25) is 0 Å². The molecule has 0 spiro atoms. The van der Waals surface area contributed by atoms with Crippen LogP contribution in [0.25, 0.3) is 0 Å². The van der Waals surface area contributed by atoms with E-state index < -0.39 is 0 Å². The van der Waals surface area contributed by atoms with Gasteiger partial charge in [0.25, 0.3) is 0 Å². The van der Waals surface area contributed by atoms with E-state index in [1.807, 2.05) is 6.92 Å². The van der Waals surface area contributed by atoms with E-state index in [4.69, 9.17) is 4.74 Å². The summed E-state index contributed by atoms with van der Waals surface area (Å²) in [5.41, 5.74) is 0.561. The van der Waals surface area contributed by atoms with Gasteiger partial charge in [-0.3, -0.25) is 0 Å². The average molecular weight is 182 g/mol. The number of rotatable bonds is 1. The number of hydrogen-bond donors (Lipinski definition) is 1. The van der Waals surface area contributed by atoms with Crippen molar-refractivity contribution in [2.75, 3.05) is 0 Å². The molecule has 2 nitrogen and oxygen atoms in total. The Balaban J connectivity index is 2.38. The van der Waals surface area contributed by atoms with E-state index in [1.165, 1.54) is 0 Å². The molecule has 0 aromatic rings. The van der Waals surface area contributed by atoms with Gasteiger partial charge in [-0.15, -0.1) is 0 Å². The van der Waals surface area contributed by atoms with Gasteiger partial charge < -0.3 is 9.84 Å². The first-order valence-electron chi connectivity index (χ1n) is 4.97. The van der Waals surface area contributed by atoms with Crippen molar-refractivity contribution >= 4 is 0 Å². The molecule has 2 fully saturated rings. The Labute approximate surface area is 79.6 Å². The van der Waals surface area contributed by atoms with Gasteiger partial charge in [0, 0.05) is 12.8 Å². The van der Waals surface area contributed by atoms with E-state index in [9.17, 15) is 5.11 Å². The lowest BCUT2D eigenvalue weighted by atomic mass is 9.73. The number of fused-ring (bicyclic) bond motifs is 2. The van der Waals surface area contributed by atoms with Gasteiger partial charge in [-0.25, -0.2) is 0 Å². The maximum Gasteiger partial charge on any atom is 0.0963 e. The Kier molecular flexibility index (Phi) is 1.68. The van der Waals surface area contributed by atoms with Crippen molar-refractivity contribution in [1.29, 1.82) is 0 Å². The highest BCUT2D eigenvalue weighted by molar-refractivity contribution is 5.30. The topological polar surface area (TPSA) is 29.5 Å². The summed E-state index contributed by atoms with van der Waals surface area (Å²) in [7, 11) is 0. The zero-order chi connectivity index (χ0) is 9.85. The first-order chi connectivity index (χ1) is 5.91. The van der Waals surface area contributed by atoms with Crippen molar-refractivity contribution < 1.29 is 9.84 Å². The van der Waals surface area contributed by atoms with Crippen LogP contribution in [-0.2, 0) is 4.74 Å². The van der Waals surface area contributed by atoms with Gasteiger partial charge in [0.1, 0.15) is 0 Å². The summed E-state index contributed by atoms with van der Waals surface area (Å²) in [6, 6.07) is 0. The molecule has 2 aliphatic heterocycles. The van der Waals surface area contributed by atoms with Crippen LogP contribution in [0, 0.1) is 5.92 Å². The second kappa shape index (κ2) is 2.37. The lowest BCUT2D eigenvalue weighted by Crippen LogP contribution is -2.37. The van der Waals surface area contributed by atoms with Crippen LogP contribution in [0.4, 0.5) is 0 Å². The Hall–Kier alpha value is -0.340. The smallest absolute Gasteiger partial charge is 0.0963 e. The molecular weight excluding hydrogens is 164 g/mol. The quantitative estimate of drug-likeness (QED) is 0.627. The van der Waals surface area contributed by atoms with Crippen LogP contribution in [-0.4, -0.2) is 22.4 Å².